The molecule has 5 heteroatoms. The fourth-order valence-electron chi connectivity index (χ4n) is 2.22. The van der Waals surface area contributed by atoms with Crippen LogP contribution in [0.4, 0.5) is 0 Å². The normalized spacial score (nSPS) is 15.9. The zero-order chi connectivity index (χ0) is 14.1. The molecule has 20 heavy (non-hydrogen) atoms. The van der Waals surface area contributed by atoms with Crippen LogP contribution in [0.1, 0.15) is 34.1 Å². The second kappa shape index (κ2) is 5.76. The lowest BCUT2D eigenvalue weighted by Crippen LogP contribution is -2.29. The van der Waals surface area contributed by atoms with Gasteiger partial charge < -0.3 is 5.32 Å². The Morgan fingerprint density at radius 1 is 1.15 bits per heavy atom. The van der Waals surface area contributed by atoms with E-state index in [0.29, 0.717) is 20.2 Å². The number of hydrogen-bond donors (Lipinski definition) is 1. The number of carbonyl (C=O) groups is 1. The van der Waals surface area contributed by atoms with E-state index in [4.69, 9.17) is 23.2 Å². The molecule has 2 aromatic rings. The minimum Gasteiger partial charge on any atom is -0.344 e. The molecule has 0 bridgehead atoms. The van der Waals surface area contributed by atoms with Crippen molar-refractivity contribution in [2.75, 3.05) is 0 Å². The van der Waals surface area contributed by atoms with Crippen LogP contribution in [0.15, 0.2) is 36.4 Å². The molecule has 1 aliphatic carbocycles. The zero-order valence-corrected chi connectivity index (χ0v) is 12.9. The van der Waals surface area contributed by atoms with Gasteiger partial charge in [-0.1, -0.05) is 35.3 Å². The summed E-state index contributed by atoms with van der Waals surface area (Å²) in [6, 6.07) is 11.2. The van der Waals surface area contributed by atoms with E-state index in [1.807, 2.05) is 24.3 Å². The zero-order valence-electron chi connectivity index (χ0n) is 10.6. The summed E-state index contributed by atoms with van der Waals surface area (Å²) in [5.74, 6) is 0.462. The van der Waals surface area contributed by atoms with Crippen molar-refractivity contribution >= 4 is 40.4 Å². The van der Waals surface area contributed by atoms with Gasteiger partial charge in [0.05, 0.1) is 15.3 Å². The molecule has 1 unspecified atom stereocenters. The van der Waals surface area contributed by atoms with Gasteiger partial charge in [0, 0.05) is 5.02 Å². The number of benzene rings is 1. The van der Waals surface area contributed by atoms with Crippen LogP contribution in [0.25, 0.3) is 0 Å². The molecule has 1 heterocycles. The van der Waals surface area contributed by atoms with Crippen LogP contribution in [0.3, 0.4) is 0 Å². The van der Waals surface area contributed by atoms with Crippen molar-refractivity contribution in [3.8, 4) is 0 Å². The smallest absolute Gasteiger partial charge is 0.261 e. The molecule has 0 radical (unpaired) electrons. The highest BCUT2D eigenvalue weighted by molar-refractivity contribution is 7.18. The van der Waals surface area contributed by atoms with E-state index in [0.717, 1.165) is 18.4 Å². The van der Waals surface area contributed by atoms with E-state index in [1.54, 1.807) is 12.1 Å². The standard InChI is InChI=1S/C15H13Cl2NOS/c16-11-5-3-10(4-6-11)14(9-1-2-9)18-15(19)12-7-8-13(17)20-12/h3-9,14H,1-2H2,(H,18,19). The summed E-state index contributed by atoms with van der Waals surface area (Å²) in [7, 11) is 0. The molecule has 3 rings (SSSR count). The van der Waals surface area contributed by atoms with Crippen molar-refractivity contribution in [3.63, 3.8) is 0 Å². The van der Waals surface area contributed by atoms with Crippen molar-refractivity contribution in [2.45, 2.75) is 18.9 Å². The molecule has 1 atom stereocenters. The SMILES string of the molecule is O=C(NC(c1ccc(Cl)cc1)C1CC1)c1ccc(Cl)s1. The Hall–Kier alpha value is -1.03. The van der Waals surface area contributed by atoms with Gasteiger partial charge in [-0.15, -0.1) is 11.3 Å². The number of thiophene rings is 1. The predicted molar refractivity (Wildman–Crippen MR) is 83.7 cm³/mol. The van der Waals surface area contributed by atoms with E-state index in [1.165, 1.54) is 11.3 Å². The third kappa shape index (κ3) is 3.17. The number of carbonyl (C=O) groups excluding carboxylic acids is 1. The fraction of sp³-hybridized carbons (Fsp3) is 0.267. The van der Waals surface area contributed by atoms with Crippen molar-refractivity contribution in [1.82, 2.24) is 5.32 Å². The van der Waals surface area contributed by atoms with Crippen LogP contribution < -0.4 is 5.32 Å². The molecule has 1 aromatic carbocycles. The summed E-state index contributed by atoms with van der Waals surface area (Å²) in [5, 5.41) is 3.82. The summed E-state index contributed by atoms with van der Waals surface area (Å²) in [5.41, 5.74) is 1.10. The van der Waals surface area contributed by atoms with Gasteiger partial charge in [-0.25, -0.2) is 0 Å². The van der Waals surface area contributed by atoms with Gasteiger partial charge in [0.1, 0.15) is 0 Å². The number of hydrogen-bond acceptors (Lipinski definition) is 2. The first kappa shape index (κ1) is 13.9. The summed E-state index contributed by atoms with van der Waals surface area (Å²) >= 11 is 13.1. The van der Waals surface area contributed by atoms with E-state index in [2.05, 4.69) is 5.32 Å². The first-order valence-electron chi connectivity index (χ1n) is 6.45. The minimum atomic E-state index is -0.0613. The minimum absolute atomic E-state index is 0.0562. The predicted octanol–water partition coefficient (Wildman–Crippen LogP) is 4.94. The van der Waals surface area contributed by atoms with Crippen molar-refractivity contribution < 1.29 is 4.79 Å². The van der Waals surface area contributed by atoms with Gasteiger partial charge in [-0.2, -0.15) is 0 Å². The average Bonchev–Trinajstić information content (AvgIpc) is 3.18. The summed E-state index contributed by atoms with van der Waals surface area (Å²) < 4.78 is 0.629. The molecule has 0 saturated heterocycles. The molecule has 1 aliphatic rings. The molecule has 1 fully saturated rings. The Balaban J connectivity index is 1.78. The van der Waals surface area contributed by atoms with Gasteiger partial charge in [0.15, 0.2) is 0 Å². The van der Waals surface area contributed by atoms with Gasteiger partial charge in [0.2, 0.25) is 0 Å². The lowest BCUT2D eigenvalue weighted by molar-refractivity contribution is 0.0936. The second-order valence-electron chi connectivity index (χ2n) is 4.94. The van der Waals surface area contributed by atoms with Gasteiger partial charge in [0.25, 0.3) is 5.91 Å². The third-order valence-corrected chi connectivity index (χ3v) is 4.89. The van der Waals surface area contributed by atoms with Crippen molar-refractivity contribution in [2.24, 2.45) is 5.92 Å². The van der Waals surface area contributed by atoms with Crippen molar-refractivity contribution in [1.29, 1.82) is 0 Å². The largest absolute Gasteiger partial charge is 0.344 e. The highest BCUT2D eigenvalue weighted by Gasteiger charge is 2.33. The maximum atomic E-state index is 12.3. The number of halogens is 2. The van der Waals surface area contributed by atoms with Crippen LogP contribution in [-0.2, 0) is 0 Å². The molecular formula is C15H13Cl2NOS. The summed E-state index contributed by atoms with van der Waals surface area (Å²) in [4.78, 5) is 12.9. The summed E-state index contributed by atoms with van der Waals surface area (Å²) in [6.45, 7) is 0. The Bertz CT molecular complexity index is 619. The molecule has 1 aromatic heterocycles. The molecule has 0 spiro atoms. The Kier molecular flexibility index (Phi) is 4.01. The molecule has 2 nitrogen and oxygen atoms in total. The van der Waals surface area contributed by atoms with Crippen LogP contribution in [0, 0.1) is 5.92 Å². The average molecular weight is 326 g/mol. The highest BCUT2D eigenvalue weighted by Crippen LogP contribution is 2.41. The lowest BCUT2D eigenvalue weighted by atomic mass is 10.0. The van der Waals surface area contributed by atoms with Crippen LogP contribution in [0.5, 0.6) is 0 Å². The maximum Gasteiger partial charge on any atom is 0.261 e. The number of amides is 1. The Labute approximate surface area is 131 Å². The van der Waals surface area contributed by atoms with Gasteiger partial charge in [-0.05, 0) is 48.6 Å². The van der Waals surface area contributed by atoms with E-state index in [9.17, 15) is 4.79 Å². The molecule has 1 saturated carbocycles. The molecular weight excluding hydrogens is 313 g/mol. The first-order chi connectivity index (χ1) is 9.63. The van der Waals surface area contributed by atoms with E-state index >= 15 is 0 Å². The third-order valence-electron chi connectivity index (χ3n) is 3.41. The van der Waals surface area contributed by atoms with Gasteiger partial charge >= 0.3 is 0 Å². The highest BCUT2D eigenvalue weighted by atomic mass is 35.5. The number of nitrogens with one attached hydrogen (secondary N) is 1. The second-order valence-corrected chi connectivity index (χ2v) is 7.10. The van der Waals surface area contributed by atoms with Gasteiger partial charge in [-0.3, -0.25) is 4.79 Å². The van der Waals surface area contributed by atoms with Crippen LogP contribution in [-0.4, -0.2) is 5.91 Å². The molecule has 1 N–H and O–H groups in total. The molecule has 0 aliphatic heterocycles. The van der Waals surface area contributed by atoms with Crippen molar-refractivity contribution in [3.05, 3.63) is 56.2 Å². The lowest BCUT2D eigenvalue weighted by Gasteiger charge is -2.18. The molecule has 1 amide bonds. The first-order valence-corrected chi connectivity index (χ1v) is 8.02. The fourth-order valence-corrected chi connectivity index (χ4v) is 3.29. The summed E-state index contributed by atoms with van der Waals surface area (Å²) in [6.07, 6.45) is 2.30. The molecule has 104 valence electrons. The van der Waals surface area contributed by atoms with E-state index < -0.39 is 0 Å². The maximum absolute atomic E-state index is 12.3. The Morgan fingerprint density at radius 3 is 2.40 bits per heavy atom. The number of rotatable bonds is 4. The monoisotopic (exact) mass is 325 g/mol. The topological polar surface area (TPSA) is 29.1 Å². The quantitative estimate of drug-likeness (QED) is 0.847. The Morgan fingerprint density at radius 2 is 1.85 bits per heavy atom. The van der Waals surface area contributed by atoms with Crippen LogP contribution in [0.2, 0.25) is 9.36 Å². The van der Waals surface area contributed by atoms with E-state index in [-0.39, 0.29) is 11.9 Å². The van der Waals surface area contributed by atoms with Crippen LogP contribution >= 0.6 is 34.5 Å².